The first-order valence-electron chi connectivity index (χ1n) is 17.8. The topological polar surface area (TPSA) is 154 Å². The molecule has 13 nitrogen and oxygen atoms in total. The third kappa shape index (κ3) is 8.22. The zero-order valence-electron chi connectivity index (χ0n) is 29.3. The average Bonchev–Trinajstić information content (AvgIpc) is 3.70. The van der Waals surface area contributed by atoms with Crippen LogP contribution in [0.15, 0.2) is 34.1 Å². The van der Waals surface area contributed by atoms with E-state index in [-0.39, 0.29) is 29.2 Å². The lowest BCUT2D eigenvalue weighted by molar-refractivity contribution is -0.132. The van der Waals surface area contributed by atoms with Crippen LogP contribution in [0, 0.1) is 0 Å². The summed E-state index contributed by atoms with van der Waals surface area (Å²) in [5.41, 5.74) is 3.00. The minimum atomic E-state index is -1.07. The Morgan fingerprint density at radius 2 is 1.21 bits per heavy atom. The number of aryl methyl sites for hydroxylation is 2. The Bertz CT molecular complexity index is 1890. The van der Waals surface area contributed by atoms with Crippen molar-refractivity contribution in [2.24, 2.45) is 0 Å². The van der Waals surface area contributed by atoms with Crippen LogP contribution in [0.5, 0.6) is 0 Å². The molecule has 0 saturated carbocycles. The van der Waals surface area contributed by atoms with Crippen LogP contribution in [0.4, 0.5) is 17.6 Å². The van der Waals surface area contributed by atoms with E-state index >= 15 is 0 Å². The number of amides is 2. The van der Waals surface area contributed by atoms with Crippen molar-refractivity contribution < 1.29 is 18.0 Å². The van der Waals surface area contributed by atoms with Crippen LogP contribution >= 0.6 is 23.2 Å². The lowest BCUT2D eigenvalue weighted by Gasteiger charge is -2.33. The quantitative estimate of drug-likeness (QED) is 0.348. The van der Waals surface area contributed by atoms with Crippen molar-refractivity contribution in [1.29, 1.82) is 0 Å². The molecule has 5 aliphatic rings. The monoisotopic (exact) mass is 787 g/mol. The Morgan fingerprint density at radius 3 is 1.75 bits per heavy atom. The van der Waals surface area contributed by atoms with Crippen molar-refractivity contribution in [3.63, 3.8) is 0 Å². The highest BCUT2D eigenvalue weighted by molar-refractivity contribution is 7.85. The molecule has 2 N–H and O–H groups in total. The molecule has 52 heavy (non-hydrogen) atoms. The van der Waals surface area contributed by atoms with E-state index in [1.807, 2.05) is 19.2 Å². The maximum absolute atomic E-state index is 12.7. The number of rotatable bonds is 6. The minimum Gasteiger partial charge on any atom is -0.364 e. The zero-order chi connectivity index (χ0) is 36.5. The van der Waals surface area contributed by atoms with Crippen molar-refractivity contribution in [1.82, 2.24) is 29.7 Å². The van der Waals surface area contributed by atoms with Gasteiger partial charge in [0.25, 0.3) is 0 Å². The summed E-state index contributed by atoms with van der Waals surface area (Å²) in [6.07, 6.45) is 5.99. The van der Waals surface area contributed by atoms with E-state index in [0.717, 1.165) is 72.4 Å². The van der Waals surface area contributed by atoms with Gasteiger partial charge in [-0.1, -0.05) is 23.7 Å². The number of hydrogen-bond acceptors (Lipinski definition) is 11. The first kappa shape index (κ1) is 36.9. The second-order valence-electron chi connectivity index (χ2n) is 14.0. The summed E-state index contributed by atoms with van der Waals surface area (Å²) in [6, 6.07) is 8.38. The fraction of sp³-hybridized carbons (Fsp3) is 0.543. The van der Waals surface area contributed by atoms with Crippen LogP contribution in [-0.2, 0) is 44.0 Å². The molecule has 3 fully saturated rings. The number of fused-ring (bicyclic) bond motifs is 2. The molecule has 4 atom stereocenters. The number of anilines is 3. The molecule has 2 amide bonds. The van der Waals surface area contributed by atoms with Gasteiger partial charge in [0.15, 0.2) is 0 Å². The zero-order valence-corrected chi connectivity index (χ0v) is 32.4. The number of hydrogen-bond donors (Lipinski definition) is 2. The number of likely N-dealkylation sites (tertiary alicyclic amines) is 2. The lowest BCUT2D eigenvalue weighted by Crippen LogP contribution is -2.43. The number of carbonyl (C=O) groups excluding carboxylic acids is 2. The highest BCUT2D eigenvalue weighted by Gasteiger charge is 2.32. The maximum atomic E-state index is 12.7. The third-order valence-electron chi connectivity index (χ3n) is 10.4. The van der Waals surface area contributed by atoms with Crippen LogP contribution in [-0.4, -0.2) is 114 Å². The van der Waals surface area contributed by atoms with Crippen molar-refractivity contribution in [2.75, 3.05) is 67.3 Å². The Kier molecular flexibility index (Phi) is 11.3. The van der Waals surface area contributed by atoms with Gasteiger partial charge in [-0.05, 0) is 60.9 Å². The molecular weight excluding hydrogens is 745 g/mol. The summed E-state index contributed by atoms with van der Waals surface area (Å²) < 4.78 is 24.7. The highest BCUT2D eigenvalue weighted by atomic mass is 35.5. The average molecular weight is 789 g/mol. The van der Waals surface area contributed by atoms with Gasteiger partial charge < -0.3 is 25.3 Å². The number of likely N-dealkylation sites (N-methyl/N-ethyl adjacent to an activating group) is 2. The van der Waals surface area contributed by atoms with Gasteiger partial charge in [0.2, 0.25) is 23.0 Å². The summed E-state index contributed by atoms with van der Waals surface area (Å²) in [4.78, 5) is 48.5. The molecule has 0 bridgehead atoms. The predicted molar refractivity (Wildman–Crippen MR) is 203 cm³/mol. The van der Waals surface area contributed by atoms with Gasteiger partial charge >= 0.3 is 0 Å². The minimum absolute atomic E-state index is 0.102. The molecule has 7 heterocycles. The molecular formula is C35H43Cl2N9O4S2. The number of halogens is 2. The predicted octanol–water partition coefficient (Wildman–Crippen LogP) is 4.04. The van der Waals surface area contributed by atoms with Gasteiger partial charge in [-0.3, -0.25) is 18.0 Å². The van der Waals surface area contributed by atoms with Crippen molar-refractivity contribution in [3.8, 4) is 0 Å². The second kappa shape index (κ2) is 15.9. The van der Waals surface area contributed by atoms with Gasteiger partial charge in [-0.25, -0.2) is 9.97 Å². The van der Waals surface area contributed by atoms with Gasteiger partial charge in [-0.15, -0.1) is 0 Å². The number of piperidine rings is 3. The molecule has 5 aliphatic heterocycles. The molecule has 17 heteroatoms. The van der Waals surface area contributed by atoms with Crippen LogP contribution in [0.2, 0.25) is 10.3 Å². The van der Waals surface area contributed by atoms with E-state index < -0.39 is 21.6 Å². The van der Waals surface area contributed by atoms with Gasteiger partial charge in [0.1, 0.15) is 21.4 Å². The first-order valence-corrected chi connectivity index (χ1v) is 21.2. The van der Waals surface area contributed by atoms with Crippen molar-refractivity contribution >= 4 is 74.2 Å². The van der Waals surface area contributed by atoms with E-state index in [2.05, 4.69) is 37.6 Å². The van der Waals surface area contributed by atoms with Crippen LogP contribution < -0.4 is 15.5 Å². The SMILES string of the molecule is CN1C[C@@H](Nc2nc(Cl)nc3c2S(=O)CC3)CCC1=O.CN1C[C@@H](Nc2nc(N3CCC(c4ccc(Cl)cc4)CC3)nc3c2S(=O)CC3)CCC1=O. The maximum Gasteiger partial charge on any atom is 0.227 e. The number of carbonyl (C=O) groups is 2. The first-order chi connectivity index (χ1) is 25.0. The smallest absolute Gasteiger partial charge is 0.227 e. The summed E-state index contributed by atoms with van der Waals surface area (Å²) in [7, 11) is 1.47. The molecule has 0 aliphatic carbocycles. The number of benzene rings is 1. The Morgan fingerprint density at radius 1 is 0.692 bits per heavy atom. The number of nitrogens with one attached hydrogen (secondary N) is 2. The molecule has 2 unspecified atom stereocenters. The van der Waals surface area contributed by atoms with Gasteiger partial charge in [0.05, 0.1) is 33.0 Å². The lowest BCUT2D eigenvalue weighted by atomic mass is 9.89. The van der Waals surface area contributed by atoms with Gasteiger partial charge in [0, 0.05) is 94.6 Å². The van der Waals surface area contributed by atoms with E-state index in [1.54, 1.807) is 16.8 Å². The summed E-state index contributed by atoms with van der Waals surface area (Å²) in [5.74, 6) is 3.98. The summed E-state index contributed by atoms with van der Waals surface area (Å²) in [6.45, 7) is 3.01. The van der Waals surface area contributed by atoms with Crippen molar-refractivity contribution in [2.45, 2.75) is 79.2 Å². The largest absolute Gasteiger partial charge is 0.364 e. The van der Waals surface area contributed by atoms with Crippen LogP contribution in [0.25, 0.3) is 0 Å². The molecule has 278 valence electrons. The molecule has 2 aromatic heterocycles. The van der Waals surface area contributed by atoms with E-state index in [0.29, 0.717) is 66.3 Å². The van der Waals surface area contributed by atoms with E-state index in [9.17, 15) is 18.0 Å². The summed E-state index contributed by atoms with van der Waals surface area (Å²) in [5, 5.41) is 7.72. The van der Waals surface area contributed by atoms with Crippen molar-refractivity contribution in [3.05, 3.63) is 51.5 Å². The second-order valence-corrected chi connectivity index (χ2v) is 17.8. The molecule has 3 aromatic rings. The molecule has 3 saturated heterocycles. The molecule has 0 radical (unpaired) electrons. The van der Waals surface area contributed by atoms with Gasteiger partial charge in [-0.2, -0.15) is 9.97 Å². The highest BCUT2D eigenvalue weighted by Crippen LogP contribution is 2.35. The fourth-order valence-corrected chi connectivity index (χ4v) is 10.4. The Balaban J connectivity index is 0.000000180. The van der Waals surface area contributed by atoms with E-state index in [4.69, 9.17) is 33.2 Å². The normalized spacial score (nSPS) is 24.7. The molecule has 0 spiro atoms. The van der Waals surface area contributed by atoms with E-state index in [1.165, 1.54) is 5.56 Å². The van der Waals surface area contributed by atoms with Crippen LogP contribution in [0.3, 0.4) is 0 Å². The standard InChI is InChI=1S/C23H28ClN5O2S.C12H15ClN4O2S/c1-28-14-18(6-7-20(28)30)25-22-21-19(10-13-32(21)31)26-23(27-22)29-11-8-16(9-12-29)15-2-4-17(24)5-3-15;1-17-6-7(2-3-9(17)18)14-11-10-8(4-5-20(10)19)15-12(13)16-11/h2-5,16,18H,6-14H2,1H3,(H,25,26,27);7H,2-6H2,1H3,(H,14,15,16)/t18-,32?;7-,20?/m00/s1. The molecule has 8 rings (SSSR count). The number of nitrogens with zero attached hydrogens (tertiary/aromatic N) is 7. The summed E-state index contributed by atoms with van der Waals surface area (Å²) >= 11 is 12.0. The third-order valence-corrected chi connectivity index (χ3v) is 13.7. The Labute approximate surface area is 318 Å². The number of aromatic nitrogens is 4. The fourth-order valence-electron chi connectivity index (χ4n) is 7.48. The Hall–Kier alpha value is -3.40. The van der Waals surface area contributed by atoms with Crippen LogP contribution in [0.1, 0.15) is 61.4 Å². The molecule has 1 aromatic carbocycles.